The summed E-state index contributed by atoms with van der Waals surface area (Å²) in [4.78, 5) is 64.8. The van der Waals surface area contributed by atoms with Gasteiger partial charge in [0.1, 0.15) is 137 Å². The molecule has 4 atom stereocenters. The second-order valence-corrected chi connectivity index (χ2v) is 23.9. The van der Waals surface area contributed by atoms with Gasteiger partial charge in [-0.25, -0.2) is 19.2 Å². The van der Waals surface area contributed by atoms with Crippen molar-refractivity contribution in [3.63, 3.8) is 0 Å². The Hall–Kier alpha value is -12.8. The number of fused-ring (bicyclic) bond motifs is 5. The molecule has 0 radical (unpaired) electrons. The summed E-state index contributed by atoms with van der Waals surface area (Å²) < 4.78 is 64.0. The number of carbonyl (C=O) groups is 5. The average molecular weight is 1400 g/mol. The molecule has 11 aromatic carbocycles. The van der Waals surface area contributed by atoms with E-state index in [-0.39, 0.29) is 96.9 Å². The number of esters is 4. The highest BCUT2D eigenvalue weighted by molar-refractivity contribution is 5.99. The van der Waals surface area contributed by atoms with Crippen molar-refractivity contribution in [3.8, 4) is 77.3 Å². The first-order valence-electron chi connectivity index (χ1n) is 32.7. The van der Waals surface area contributed by atoms with Crippen LogP contribution in [0.2, 0.25) is 0 Å². The fraction of sp³-hybridized carbons (Fsp3) is 0.193. The molecule has 4 unspecified atom stereocenters. The van der Waals surface area contributed by atoms with Gasteiger partial charge in [0.15, 0.2) is 0 Å². The van der Waals surface area contributed by atoms with Gasteiger partial charge in [0.2, 0.25) is 5.91 Å². The number of aliphatic hydroxyl groups is 4. The topological polar surface area (TPSA) is 294 Å². The predicted octanol–water partition coefficient (Wildman–Crippen LogP) is 10.6. The van der Waals surface area contributed by atoms with Gasteiger partial charge in [0.25, 0.3) is 0 Å². The van der Waals surface area contributed by atoms with Crippen molar-refractivity contribution < 1.29 is 96.5 Å². The number of rotatable bonds is 33. The Morgan fingerprint density at radius 2 is 0.577 bits per heavy atom. The molecule has 11 aromatic rings. The first-order valence-corrected chi connectivity index (χ1v) is 32.7. The highest BCUT2D eigenvalue weighted by Crippen LogP contribution is 2.39. The van der Waals surface area contributed by atoms with E-state index < -0.39 is 87.2 Å². The summed E-state index contributed by atoms with van der Waals surface area (Å²) in [5.41, 5.74) is 7.41. The number of primary amides is 1. The second-order valence-electron chi connectivity index (χ2n) is 23.9. The van der Waals surface area contributed by atoms with Crippen molar-refractivity contribution in [3.05, 3.63) is 233 Å². The number of carbonyl (C=O) groups excluding carboxylic acids is 5. The molecule has 104 heavy (non-hydrogen) atoms. The highest BCUT2D eigenvalue weighted by atomic mass is 16.6. The molecule has 21 heteroatoms. The van der Waals surface area contributed by atoms with Gasteiger partial charge in [-0.3, -0.25) is 4.79 Å². The molecular formula is C83H69NO20. The summed E-state index contributed by atoms with van der Waals surface area (Å²) >= 11 is 0. The van der Waals surface area contributed by atoms with Crippen LogP contribution in [0.25, 0.3) is 53.9 Å². The van der Waals surface area contributed by atoms with Crippen LogP contribution in [-0.2, 0) is 25.4 Å². The lowest BCUT2D eigenvalue weighted by molar-refractivity contribution is 0.0127. The lowest BCUT2D eigenvalue weighted by Crippen LogP contribution is -2.26. The molecule has 0 aliphatic heterocycles. The molecule has 11 rings (SSSR count). The summed E-state index contributed by atoms with van der Waals surface area (Å²) in [5, 5.41) is 52.3. The van der Waals surface area contributed by atoms with Gasteiger partial charge >= 0.3 is 23.9 Å². The first kappa shape index (κ1) is 72.4. The third-order valence-corrected chi connectivity index (χ3v) is 16.4. The maximum absolute atomic E-state index is 13.5. The SMILES string of the molecule is C#CCOc1ccc2cc(C(=O)OCC(O)COc3ccc4ccc(OCC(O)COC(=O)c5ccc(C(N)=O)cc5)c(Cc5c(OCC(O)COC(=O)c6ccc7cc(OCC#C)ccc7c6)ccc6ccc(OCC(O)COC(=O)c7ccc8cc(OCC#C)ccc8c7)cc56)c4c3)ccc2c1. The molecule has 0 heterocycles. The fourth-order valence-electron chi connectivity index (χ4n) is 11.1. The minimum absolute atomic E-state index is 0.0225. The number of aliphatic hydroxyl groups excluding tert-OH is 4. The number of terminal acetylenes is 3. The number of ether oxygens (including phenoxy) is 11. The Labute approximate surface area is 597 Å². The van der Waals surface area contributed by atoms with Crippen molar-refractivity contribution >= 4 is 83.6 Å². The number of benzene rings is 11. The molecular weight excluding hydrogens is 1330 g/mol. The Balaban J connectivity index is 0.850. The second kappa shape index (κ2) is 34.5. The molecule has 0 spiro atoms. The molecule has 0 aromatic heterocycles. The van der Waals surface area contributed by atoms with Gasteiger partial charge in [0.05, 0.1) is 22.3 Å². The minimum atomic E-state index is -1.38. The van der Waals surface area contributed by atoms with Crippen LogP contribution >= 0.6 is 0 Å². The first-order chi connectivity index (χ1) is 50.5. The van der Waals surface area contributed by atoms with Gasteiger partial charge in [-0.1, -0.05) is 78.4 Å². The van der Waals surface area contributed by atoms with E-state index in [1.807, 2.05) is 0 Å². The normalized spacial score (nSPS) is 12.2. The lowest BCUT2D eigenvalue weighted by atomic mass is 9.93. The van der Waals surface area contributed by atoms with Crippen LogP contribution in [0, 0.1) is 37.0 Å². The van der Waals surface area contributed by atoms with Gasteiger partial charge < -0.3 is 78.3 Å². The Morgan fingerprint density at radius 3 is 0.913 bits per heavy atom. The molecule has 0 saturated heterocycles. The zero-order chi connectivity index (χ0) is 73.1. The van der Waals surface area contributed by atoms with Crippen LogP contribution < -0.4 is 38.9 Å². The Kier molecular flexibility index (Phi) is 24.0. The van der Waals surface area contributed by atoms with Crippen molar-refractivity contribution in [2.24, 2.45) is 5.73 Å². The number of nitrogens with two attached hydrogens (primary N) is 1. The van der Waals surface area contributed by atoms with E-state index in [4.69, 9.17) is 77.1 Å². The summed E-state index contributed by atoms with van der Waals surface area (Å²) in [5.74, 6) is 6.57. The summed E-state index contributed by atoms with van der Waals surface area (Å²) in [6, 6.07) is 53.8. The third-order valence-electron chi connectivity index (χ3n) is 16.4. The van der Waals surface area contributed by atoms with E-state index in [0.717, 1.165) is 32.3 Å². The van der Waals surface area contributed by atoms with E-state index >= 15 is 0 Å². The van der Waals surface area contributed by atoms with Crippen molar-refractivity contribution in [2.45, 2.75) is 30.8 Å². The number of hydrogen-bond acceptors (Lipinski definition) is 20. The van der Waals surface area contributed by atoms with Crippen LogP contribution in [0.1, 0.15) is 62.9 Å². The van der Waals surface area contributed by atoms with Crippen molar-refractivity contribution in [1.29, 1.82) is 0 Å². The van der Waals surface area contributed by atoms with Gasteiger partial charge in [0, 0.05) is 23.1 Å². The van der Waals surface area contributed by atoms with Crippen LogP contribution in [0.5, 0.6) is 40.2 Å². The van der Waals surface area contributed by atoms with E-state index in [1.54, 1.807) is 170 Å². The van der Waals surface area contributed by atoms with Gasteiger partial charge in [-0.05, 0) is 187 Å². The molecule has 526 valence electrons. The standard InChI is InChI=1S/C83H69NO20/c1-4-31-94-68-26-19-55-34-61(14-11-58(55)37-68)81(91)102-47-64(85)43-97-71-24-17-51-22-29-77(99-45-66(87)49-101-80(90)54-9-7-53(8-10-54)79(84)89)75(73(51)40-71)42-76-74-41-72(98-44-65(86)48-103-82(92)62-15-12-59-38-69(95-32-5-2)27-20-56(59)35-62)25-18-52(74)23-30-78(76)100-46-67(88)50-104-83(93)63-16-13-60-39-70(96-33-6-3)28-21-57(60)36-63/h1-3,7-30,34-41,64-67,85-88H,31-33,42-50H2,(H2,84,89). The third kappa shape index (κ3) is 19.0. The summed E-state index contributed by atoms with van der Waals surface area (Å²) in [6.07, 6.45) is 10.7. The highest BCUT2D eigenvalue weighted by Gasteiger charge is 2.23. The monoisotopic (exact) mass is 1400 g/mol. The predicted molar refractivity (Wildman–Crippen MR) is 388 cm³/mol. The van der Waals surface area contributed by atoms with Crippen LogP contribution in [0.3, 0.4) is 0 Å². The summed E-state index contributed by atoms with van der Waals surface area (Å²) in [6.45, 7) is -2.90. The maximum Gasteiger partial charge on any atom is 0.338 e. The van der Waals surface area contributed by atoms with Gasteiger partial charge in [-0.15, -0.1) is 19.3 Å². The summed E-state index contributed by atoms with van der Waals surface area (Å²) in [7, 11) is 0. The molecule has 21 nitrogen and oxygen atoms in total. The van der Waals surface area contributed by atoms with Gasteiger partial charge in [-0.2, -0.15) is 0 Å². The number of amides is 1. The zero-order valence-electron chi connectivity index (χ0n) is 55.9. The smallest absolute Gasteiger partial charge is 0.338 e. The van der Waals surface area contributed by atoms with Crippen LogP contribution in [0.15, 0.2) is 194 Å². The maximum atomic E-state index is 13.5. The molecule has 0 aliphatic carbocycles. The Bertz CT molecular complexity index is 5120. The Morgan fingerprint density at radius 1 is 0.308 bits per heavy atom. The van der Waals surface area contributed by atoms with Crippen molar-refractivity contribution in [2.75, 3.05) is 72.7 Å². The zero-order valence-corrected chi connectivity index (χ0v) is 55.9. The molecule has 1 amide bonds. The lowest BCUT2D eigenvalue weighted by Gasteiger charge is -2.21. The van der Waals surface area contributed by atoms with Crippen LogP contribution in [0.4, 0.5) is 0 Å². The molecule has 0 aliphatic rings. The quantitative estimate of drug-likeness (QED) is 0.0145. The van der Waals surface area contributed by atoms with E-state index in [2.05, 4.69) is 17.8 Å². The number of hydrogen-bond donors (Lipinski definition) is 5. The fourth-order valence-corrected chi connectivity index (χ4v) is 11.1. The van der Waals surface area contributed by atoms with Crippen molar-refractivity contribution in [1.82, 2.24) is 0 Å². The van der Waals surface area contributed by atoms with Crippen LogP contribution in [-0.4, -0.2) is 147 Å². The molecule has 0 saturated carbocycles. The molecule has 0 bridgehead atoms. The molecule has 6 N–H and O–H groups in total. The van der Waals surface area contributed by atoms with E-state index in [1.165, 1.54) is 24.3 Å². The van der Waals surface area contributed by atoms with E-state index in [9.17, 15) is 44.4 Å². The largest absolute Gasteiger partial charge is 0.491 e. The molecule has 0 fully saturated rings. The minimum Gasteiger partial charge on any atom is -0.491 e. The average Bonchev–Trinajstić information content (AvgIpc) is 0.770. The van der Waals surface area contributed by atoms with E-state index in [0.29, 0.717) is 49.9 Å².